The summed E-state index contributed by atoms with van der Waals surface area (Å²) >= 11 is 0. The molecule has 0 spiro atoms. The minimum absolute atomic E-state index is 0.276. The van der Waals surface area contributed by atoms with Gasteiger partial charge in [0.25, 0.3) is 0 Å². The first kappa shape index (κ1) is 18.7. The third kappa shape index (κ3) is 4.04. The fourth-order valence-electron chi connectivity index (χ4n) is 3.53. The second kappa shape index (κ2) is 6.94. The van der Waals surface area contributed by atoms with Gasteiger partial charge in [-0.15, -0.1) is 0 Å². The summed E-state index contributed by atoms with van der Waals surface area (Å²) in [4.78, 5) is 5.05. The Morgan fingerprint density at radius 3 is 1.92 bits per heavy atom. The molecule has 25 heavy (non-hydrogen) atoms. The van der Waals surface area contributed by atoms with E-state index in [1.165, 1.54) is 12.2 Å². The van der Waals surface area contributed by atoms with Crippen LogP contribution in [0.3, 0.4) is 0 Å². The summed E-state index contributed by atoms with van der Waals surface area (Å²) in [6.07, 6.45) is 0. The molecule has 138 valence electrons. The molecule has 0 aliphatic carbocycles. The maximum absolute atomic E-state index is 6.14. The van der Waals surface area contributed by atoms with Gasteiger partial charge in [0.05, 0.1) is 11.2 Å². The normalized spacial score (nSPS) is 23.5. The molecule has 0 aromatic heterocycles. The van der Waals surface area contributed by atoms with E-state index in [4.69, 9.17) is 9.31 Å². The van der Waals surface area contributed by atoms with Crippen molar-refractivity contribution in [2.75, 3.05) is 37.6 Å². The predicted octanol–water partition coefficient (Wildman–Crippen LogP) is 2.76. The number of piperazine rings is 1. The number of rotatable bonds is 4. The van der Waals surface area contributed by atoms with Crippen LogP contribution in [0.1, 0.15) is 41.5 Å². The van der Waals surface area contributed by atoms with Crippen LogP contribution in [-0.4, -0.2) is 55.9 Å². The van der Waals surface area contributed by atoms with Crippen molar-refractivity contribution in [2.24, 2.45) is 5.92 Å². The molecule has 2 heterocycles. The molecule has 2 aliphatic rings. The molecule has 0 unspecified atom stereocenters. The Balaban J connectivity index is 1.60. The third-order valence-corrected chi connectivity index (χ3v) is 5.78. The van der Waals surface area contributed by atoms with Gasteiger partial charge in [-0.2, -0.15) is 0 Å². The molecule has 2 saturated heterocycles. The van der Waals surface area contributed by atoms with Crippen LogP contribution in [-0.2, 0) is 9.31 Å². The fraction of sp³-hybridized carbons (Fsp3) is 0.700. The van der Waals surface area contributed by atoms with E-state index in [2.05, 4.69) is 75.6 Å². The summed E-state index contributed by atoms with van der Waals surface area (Å²) in [6, 6.07) is 8.72. The molecule has 0 bridgehead atoms. The third-order valence-electron chi connectivity index (χ3n) is 5.78. The molecular formula is C20H33BN2O2. The highest BCUT2D eigenvalue weighted by atomic mass is 16.7. The van der Waals surface area contributed by atoms with Crippen LogP contribution in [0, 0.1) is 5.92 Å². The SMILES string of the molecule is CC(C)CN1CCN(c2ccc(B3OC(C)(C)C(C)(C)O3)cc2)CC1. The standard InChI is InChI=1S/C20H33BN2O2/c1-16(2)15-22-11-13-23(14-12-22)18-9-7-17(8-10-18)21-24-19(3,4)20(5,6)25-21/h7-10,16H,11-15H2,1-6H3. The molecule has 0 radical (unpaired) electrons. The van der Waals surface area contributed by atoms with Gasteiger partial charge in [-0.3, -0.25) is 4.90 Å². The summed E-state index contributed by atoms with van der Waals surface area (Å²) in [5.41, 5.74) is 1.82. The number of benzene rings is 1. The van der Waals surface area contributed by atoms with Crippen molar-refractivity contribution in [3.8, 4) is 0 Å². The lowest BCUT2D eigenvalue weighted by Gasteiger charge is -2.36. The summed E-state index contributed by atoms with van der Waals surface area (Å²) in [5, 5.41) is 0. The van der Waals surface area contributed by atoms with Crippen LogP contribution in [0.5, 0.6) is 0 Å². The van der Waals surface area contributed by atoms with E-state index in [9.17, 15) is 0 Å². The molecule has 0 atom stereocenters. The molecule has 1 aromatic rings. The van der Waals surface area contributed by atoms with Crippen molar-refractivity contribution in [3.63, 3.8) is 0 Å². The van der Waals surface area contributed by atoms with Crippen molar-refractivity contribution < 1.29 is 9.31 Å². The maximum atomic E-state index is 6.14. The summed E-state index contributed by atoms with van der Waals surface area (Å²) in [7, 11) is -0.276. The summed E-state index contributed by atoms with van der Waals surface area (Å²) in [6.45, 7) is 18.7. The van der Waals surface area contributed by atoms with Gasteiger partial charge in [-0.05, 0) is 51.2 Å². The second-order valence-corrected chi connectivity index (χ2v) is 8.86. The molecule has 3 rings (SSSR count). The van der Waals surface area contributed by atoms with Gasteiger partial charge in [0, 0.05) is 38.4 Å². The fourth-order valence-corrected chi connectivity index (χ4v) is 3.53. The predicted molar refractivity (Wildman–Crippen MR) is 106 cm³/mol. The first-order valence-corrected chi connectivity index (χ1v) is 9.61. The highest BCUT2D eigenvalue weighted by Gasteiger charge is 2.51. The van der Waals surface area contributed by atoms with Crippen molar-refractivity contribution in [1.82, 2.24) is 4.90 Å². The van der Waals surface area contributed by atoms with Crippen LogP contribution in [0.2, 0.25) is 0 Å². The van der Waals surface area contributed by atoms with E-state index in [-0.39, 0.29) is 18.3 Å². The average molecular weight is 344 g/mol. The van der Waals surface area contributed by atoms with Gasteiger partial charge in [-0.1, -0.05) is 26.0 Å². The van der Waals surface area contributed by atoms with E-state index < -0.39 is 0 Å². The minimum Gasteiger partial charge on any atom is -0.399 e. The smallest absolute Gasteiger partial charge is 0.399 e. The lowest BCUT2D eigenvalue weighted by molar-refractivity contribution is 0.00578. The van der Waals surface area contributed by atoms with Gasteiger partial charge >= 0.3 is 7.12 Å². The van der Waals surface area contributed by atoms with Crippen LogP contribution >= 0.6 is 0 Å². The minimum atomic E-state index is -0.289. The second-order valence-electron chi connectivity index (χ2n) is 8.86. The Kier molecular flexibility index (Phi) is 5.20. The molecule has 2 fully saturated rings. The number of hydrogen-bond donors (Lipinski definition) is 0. The van der Waals surface area contributed by atoms with Crippen LogP contribution in [0.15, 0.2) is 24.3 Å². The van der Waals surface area contributed by atoms with E-state index in [1.807, 2.05) is 0 Å². The average Bonchev–Trinajstić information content (AvgIpc) is 2.76. The van der Waals surface area contributed by atoms with Crippen molar-refractivity contribution in [1.29, 1.82) is 0 Å². The number of anilines is 1. The summed E-state index contributed by atoms with van der Waals surface area (Å²) < 4.78 is 12.3. The first-order chi connectivity index (χ1) is 11.7. The Morgan fingerprint density at radius 2 is 1.44 bits per heavy atom. The zero-order valence-corrected chi connectivity index (χ0v) is 16.7. The van der Waals surface area contributed by atoms with E-state index in [0.29, 0.717) is 0 Å². The van der Waals surface area contributed by atoms with Gasteiger partial charge in [0.1, 0.15) is 0 Å². The van der Waals surface area contributed by atoms with Crippen LogP contribution < -0.4 is 10.4 Å². The summed E-state index contributed by atoms with van der Waals surface area (Å²) in [5.74, 6) is 0.741. The zero-order chi connectivity index (χ0) is 18.2. The van der Waals surface area contributed by atoms with Gasteiger partial charge in [0.15, 0.2) is 0 Å². The molecule has 0 N–H and O–H groups in total. The Labute approximate surface area is 153 Å². The maximum Gasteiger partial charge on any atom is 0.494 e. The monoisotopic (exact) mass is 344 g/mol. The number of hydrogen-bond acceptors (Lipinski definition) is 4. The Hall–Kier alpha value is -1.04. The molecular weight excluding hydrogens is 311 g/mol. The van der Waals surface area contributed by atoms with E-state index in [0.717, 1.165) is 37.6 Å². The molecule has 0 amide bonds. The lowest BCUT2D eigenvalue weighted by atomic mass is 9.79. The highest BCUT2D eigenvalue weighted by Crippen LogP contribution is 2.36. The zero-order valence-electron chi connectivity index (χ0n) is 16.7. The molecule has 0 saturated carbocycles. The number of nitrogens with zero attached hydrogens (tertiary/aromatic N) is 2. The van der Waals surface area contributed by atoms with Crippen LogP contribution in [0.4, 0.5) is 5.69 Å². The van der Waals surface area contributed by atoms with Crippen LogP contribution in [0.25, 0.3) is 0 Å². The topological polar surface area (TPSA) is 24.9 Å². The molecule has 1 aromatic carbocycles. The highest BCUT2D eigenvalue weighted by molar-refractivity contribution is 6.62. The van der Waals surface area contributed by atoms with E-state index in [1.54, 1.807) is 0 Å². The van der Waals surface area contributed by atoms with E-state index >= 15 is 0 Å². The Morgan fingerprint density at radius 1 is 0.920 bits per heavy atom. The van der Waals surface area contributed by atoms with Gasteiger partial charge in [0.2, 0.25) is 0 Å². The molecule has 4 nitrogen and oxygen atoms in total. The first-order valence-electron chi connectivity index (χ1n) is 9.61. The molecule has 2 aliphatic heterocycles. The van der Waals surface area contributed by atoms with Gasteiger partial charge in [-0.25, -0.2) is 0 Å². The van der Waals surface area contributed by atoms with Crippen molar-refractivity contribution >= 4 is 18.3 Å². The Bertz CT molecular complexity index is 562. The van der Waals surface area contributed by atoms with Gasteiger partial charge < -0.3 is 14.2 Å². The molecule has 5 heteroatoms. The quantitative estimate of drug-likeness (QED) is 0.785. The van der Waals surface area contributed by atoms with Crippen molar-refractivity contribution in [3.05, 3.63) is 24.3 Å². The lowest BCUT2D eigenvalue weighted by Crippen LogP contribution is -2.47. The van der Waals surface area contributed by atoms with Crippen molar-refractivity contribution in [2.45, 2.75) is 52.7 Å². The largest absolute Gasteiger partial charge is 0.494 e.